The monoisotopic (exact) mass is 416 g/mol. The van der Waals surface area contributed by atoms with Crippen LogP contribution in [0.15, 0.2) is 36.4 Å². The quantitative estimate of drug-likeness (QED) is 0.263. The number of fused-ring (bicyclic) bond motifs is 1. The van der Waals surface area contributed by atoms with Gasteiger partial charge in [0.2, 0.25) is 0 Å². The van der Waals surface area contributed by atoms with Crippen LogP contribution in [0.25, 0.3) is 11.0 Å². The van der Waals surface area contributed by atoms with E-state index in [9.17, 15) is 4.79 Å². The van der Waals surface area contributed by atoms with Gasteiger partial charge in [-0.3, -0.25) is 9.78 Å². The van der Waals surface area contributed by atoms with Crippen molar-refractivity contribution in [2.75, 3.05) is 6.61 Å². The van der Waals surface area contributed by atoms with Crippen LogP contribution in [0.3, 0.4) is 0 Å². The molecule has 29 heavy (non-hydrogen) atoms. The van der Waals surface area contributed by atoms with Gasteiger partial charge in [0.05, 0.1) is 24.2 Å². The summed E-state index contributed by atoms with van der Waals surface area (Å²) in [5.41, 5.74) is 2.65. The average Bonchev–Trinajstić information content (AvgIpc) is 3.00. The van der Waals surface area contributed by atoms with Crippen molar-refractivity contribution in [1.82, 2.24) is 9.55 Å². The van der Waals surface area contributed by atoms with Crippen molar-refractivity contribution in [2.24, 2.45) is 0 Å². The van der Waals surface area contributed by atoms with Crippen molar-refractivity contribution in [3.63, 3.8) is 0 Å². The van der Waals surface area contributed by atoms with Crippen LogP contribution in [0.1, 0.15) is 44.5 Å². The molecule has 0 aliphatic carbocycles. The van der Waals surface area contributed by atoms with E-state index in [4.69, 9.17) is 21.2 Å². The number of unbranched alkanes of at least 4 members (excludes halogenated alkanes) is 2. The lowest BCUT2D eigenvalue weighted by molar-refractivity contribution is -0.210. The van der Waals surface area contributed by atoms with Gasteiger partial charge >= 0.3 is 5.97 Å². The first-order chi connectivity index (χ1) is 14.0. The zero-order valence-corrected chi connectivity index (χ0v) is 17.7. The molecule has 3 aromatic rings. The zero-order valence-electron chi connectivity index (χ0n) is 16.9. The molecule has 0 unspecified atom stereocenters. The molecule has 7 heteroatoms. The number of aryl methyl sites for hydroxylation is 1. The van der Waals surface area contributed by atoms with Crippen LogP contribution < -0.4 is 9.62 Å². The number of rotatable bonds is 9. The van der Waals surface area contributed by atoms with Crippen molar-refractivity contribution in [1.29, 1.82) is 0 Å². The second-order valence-electron chi connectivity index (χ2n) is 6.86. The SMILES string of the molecule is CCCCCOc1ccc(Cn2c(C)nc3ccc(OOC(C)=O)cc32)c(Cl)c1. The molecule has 0 radical (unpaired) electrons. The normalized spacial score (nSPS) is 10.9. The predicted octanol–water partition coefficient (Wildman–Crippen LogP) is 5.47. The number of hydrogen-bond acceptors (Lipinski definition) is 5. The van der Waals surface area contributed by atoms with Crippen molar-refractivity contribution in [3.8, 4) is 11.5 Å². The molecule has 0 saturated heterocycles. The maximum absolute atomic E-state index is 11.0. The molecule has 6 nitrogen and oxygen atoms in total. The molecule has 3 rings (SSSR count). The van der Waals surface area contributed by atoms with E-state index in [1.807, 2.05) is 35.8 Å². The molecule has 0 saturated carbocycles. The molecular formula is C22H25ClN2O4. The first kappa shape index (κ1) is 21.0. The number of nitrogens with zero attached hydrogens (tertiary/aromatic N) is 2. The molecule has 0 spiro atoms. The van der Waals surface area contributed by atoms with Crippen LogP contribution in [0, 0.1) is 6.92 Å². The van der Waals surface area contributed by atoms with Crippen molar-refractivity contribution >= 4 is 28.6 Å². The third-order valence-electron chi connectivity index (χ3n) is 4.54. The van der Waals surface area contributed by atoms with E-state index in [-0.39, 0.29) is 0 Å². The van der Waals surface area contributed by atoms with Crippen LogP contribution >= 0.6 is 11.6 Å². The third-order valence-corrected chi connectivity index (χ3v) is 4.89. The molecule has 0 aliphatic heterocycles. The third kappa shape index (κ3) is 5.41. The number of carbonyl (C=O) groups excluding carboxylic acids is 1. The summed E-state index contributed by atoms with van der Waals surface area (Å²) in [4.78, 5) is 25.2. The maximum atomic E-state index is 11.0. The Hall–Kier alpha value is -2.73. The van der Waals surface area contributed by atoms with Crippen LogP contribution in [-0.2, 0) is 16.2 Å². The molecule has 0 bridgehead atoms. The molecule has 2 aromatic carbocycles. The highest BCUT2D eigenvalue weighted by Crippen LogP contribution is 2.27. The van der Waals surface area contributed by atoms with Gasteiger partial charge in [-0.2, -0.15) is 0 Å². The molecule has 1 heterocycles. The van der Waals surface area contributed by atoms with E-state index in [0.717, 1.165) is 47.4 Å². The Balaban J connectivity index is 1.79. The summed E-state index contributed by atoms with van der Waals surface area (Å²) in [5, 5.41) is 0.645. The van der Waals surface area contributed by atoms with E-state index >= 15 is 0 Å². The fraction of sp³-hybridized carbons (Fsp3) is 0.364. The van der Waals surface area contributed by atoms with Crippen LogP contribution in [0.2, 0.25) is 5.02 Å². The van der Waals surface area contributed by atoms with Gasteiger partial charge in [0, 0.05) is 18.0 Å². The summed E-state index contributed by atoms with van der Waals surface area (Å²) in [6, 6.07) is 11.1. The summed E-state index contributed by atoms with van der Waals surface area (Å²) >= 11 is 6.51. The largest absolute Gasteiger partial charge is 0.494 e. The van der Waals surface area contributed by atoms with Gasteiger partial charge < -0.3 is 9.30 Å². The summed E-state index contributed by atoms with van der Waals surface area (Å²) in [5.74, 6) is 1.54. The minimum absolute atomic E-state index is 0.427. The number of halogens is 1. The number of hydrogen-bond donors (Lipinski definition) is 0. The van der Waals surface area contributed by atoms with Gasteiger partial charge in [-0.25, -0.2) is 9.78 Å². The Kier molecular flexibility index (Phi) is 6.99. The van der Waals surface area contributed by atoms with E-state index in [1.54, 1.807) is 12.1 Å². The van der Waals surface area contributed by atoms with Crippen molar-refractivity contribution < 1.29 is 19.3 Å². The van der Waals surface area contributed by atoms with Crippen molar-refractivity contribution in [2.45, 2.75) is 46.6 Å². The number of benzene rings is 2. The van der Waals surface area contributed by atoms with E-state index in [2.05, 4.69) is 16.8 Å². The molecule has 0 aliphatic rings. The fourth-order valence-electron chi connectivity index (χ4n) is 3.04. The Bertz CT molecular complexity index is 1000. The molecule has 154 valence electrons. The molecule has 0 N–H and O–H groups in total. The highest BCUT2D eigenvalue weighted by atomic mass is 35.5. The molecule has 1 aromatic heterocycles. The lowest BCUT2D eigenvalue weighted by atomic mass is 10.2. The van der Waals surface area contributed by atoms with E-state index in [0.29, 0.717) is 23.9 Å². The zero-order chi connectivity index (χ0) is 20.8. The molecule has 0 fully saturated rings. The van der Waals surface area contributed by atoms with Gasteiger partial charge in [-0.05, 0) is 43.2 Å². The smallest absolute Gasteiger partial charge is 0.352 e. The highest BCUT2D eigenvalue weighted by Gasteiger charge is 2.12. The maximum Gasteiger partial charge on any atom is 0.352 e. The van der Waals surface area contributed by atoms with Crippen LogP contribution in [0.5, 0.6) is 11.5 Å². The standard InChI is InChI=1S/C22H25ClN2O4/c1-4-5-6-11-27-18-8-7-17(20(23)12-18)14-25-15(2)24-21-10-9-19(13-22(21)25)29-28-16(3)26/h7-10,12-13H,4-6,11,14H2,1-3H3. The number of aromatic nitrogens is 2. The lowest BCUT2D eigenvalue weighted by Crippen LogP contribution is -2.04. The summed E-state index contributed by atoms with van der Waals surface area (Å²) in [7, 11) is 0. The van der Waals surface area contributed by atoms with E-state index < -0.39 is 5.97 Å². The lowest BCUT2D eigenvalue weighted by Gasteiger charge is -2.12. The Morgan fingerprint density at radius 1 is 1.14 bits per heavy atom. The Morgan fingerprint density at radius 3 is 2.66 bits per heavy atom. The second kappa shape index (κ2) is 9.65. The van der Waals surface area contributed by atoms with Gasteiger partial charge in [0.1, 0.15) is 11.6 Å². The minimum atomic E-state index is -0.515. The summed E-state index contributed by atoms with van der Waals surface area (Å²) in [6.45, 7) is 6.63. The first-order valence-corrected chi connectivity index (χ1v) is 10.1. The summed E-state index contributed by atoms with van der Waals surface area (Å²) in [6.07, 6.45) is 3.35. The number of imidazole rings is 1. The van der Waals surface area contributed by atoms with Crippen LogP contribution in [0.4, 0.5) is 0 Å². The number of carbonyl (C=O) groups is 1. The average molecular weight is 417 g/mol. The van der Waals surface area contributed by atoms with Gasteiger partial charge in [0.25, 0.3) is 0 Å². The topological polar surface area (TPSA) is 62.6 Å². The summed E-state index contributed by atoms with van der Waals surface area (Å²) < 4.78 is 7.81. The van der Waals surface area contributed by atoms with Gasteiger partial charge in [-0.15, -0.1) is 0 Å². The van der Waals surface area contributed by atoms with E-state index in [1.165, 1.54) is 6.92 Å². The molecular weight excluding hydrogens is 392 g/mol. The van der Waals surface area contributed by atoms with Crippen LogP contribution in [-0.4, -0.2) is 22.1 Å². The molecule has 0 atom stereocenters. The predicted molar refractivity (Wildman–Crippen MR) is 112 cm³/mol. The second-order valence-corrected chi connectivity index (χ2v) is 7.27. The minimum Gasteiger partial charge on any atom is -0.494 e. The fourth-order valence-corrected chi connectivity index (χ4v) is 3.27. The molecule has 0 amide bonds. The Labute approximate surface area is 175 Å². The number of ether oxygens (including phenoxy) is 1. The first-order valence-electron chi connectivity index (χ1n) is 9.71. The van der Waals surface area contributed by atoms with Gasteiger partial charge in [0.15, 0.2) is 5.75 Å². The Morgan fingerprint density at radius 2 is 1.93 bits per heavy atom. The van der Waals surface area contributed by atoms with Gasteiger partial charge in [-0.1, -0.05) is 37.4 Å². The highest BCUT2D eigenvalue weighted by molar-refractivity contribution is 6.31. The van der Waals surface area contributed by atoms with Crippen molar-refractivity contribution in [3.05, 3.63) is 52.8 Å².